The Bertz CT molecular complexity index is 947. The maximum Gasteiger partial charge on any atom is 0.408 e. The third-order valence-electron chi connectivity index (χ3n) is 5.13. The van der Waals surface area contributed by atoms with Gasteiger partial charge in [-0.1, -0.05) is 48.5 Å². The molecule has 2 N–H and O–H groups in total. The number of alkyl carbamates (subject to hydrolysis) is 1. The molecule has 1 unspecified atom stereocenters. The van der Waals surface area contributed by atoms with Crippen LogP contribution in [0.4, 0.5) is 4.79 Å². The minimum atomic E-state index is -0.826. The molecular weight excluding hydrogens is 418 g/mol. The van der Waals surface area contributed by atoms with E-state index in [-0.39, 0.29) is 18.4 Å². The van der Waals surface area contributed by atoms with Crippen molar-refractivity contribution in [1.29, 1.82) is 0 Å². The number of aryl methyl sites for hydroxylation is 2. The van der Waals surface area contributed by atoms with E-state index in [0.717, 1.165) is 22.3 Å². The number of benzene rings is 2. The van der Waals surface area contributed by atoms with Gasteiger partial charge in [-0.25, -0.2) is 4.79 Å². The van der Waals surface area contributed by atoms with Crippen LogP contribution < -0.4 is 10.6 Å². The molecule has 0 bridgehead atoms. The van der Waals surface area contributed by atoms with Crippen molar-refractivity contribution >= 4 is 17.9 Å². The van der Waals surface area contributed by atoms with Crippen LogP contribution in [0.2, 0.25) is 0 Å². The van der Waals surface area contributed by atoms with Crippen LogP contribution in [0.5, 0.6) is 0 Å². The Morgan fingerprint density at radius 1 is 0.939 bits per heavy atom. The number of rotatable bonds is 8. The van der Waals surface area contributed by atoms with Gasteiger partial charge < -0.3 is 20.3 Å². The fraction of sp³-hybridized carbons (Fsp3) is 0.423. The molecule has 0 aliphatic carbocycles. The van der Waals surface area contributed by atoms with Crippen LogP contribution in [0, 0.1) is 13.8 Å². The average molecular weight is 454 g/mol. The second-order valence-electron chi connectivity index (χ2n) is 8.95. The van der Waals surface area contributed by atoms with Crippen LogP contribution in [0.1, 0.15) is 56.0 Å². The number of nitrogens with one attached hydrogen (secondary N) is 2. The maximum atomic E-state index is 13.4. The molecule has 2 aromatic carbocycles. The Morgan fingerprint density at radius 3 is 2.09 bits per heavy atom. The summed E-state index contributed by atoms with van der Waals surface area (Å²) >= 11 is 0. The van der Waals surface area contributed by atoms with E-state index >= 15 is 0 Å². The largest absolute Gasteiger partial charge is 0.444 e. The fourth-order valence-corrected chi connectivity index (χ4v) is 3.64. The number of hydrogen-bond acceptors (Lipinski definition) is 4. The van der Waals surface area contributed by atoms with Gasteiger partial charge in [-0.05, 0) is 63.8 Å². The van der Waals surface area contributed by atoms with Crippen LogP contribution in [0.15, 0.2) is 48.5 Å². The molecule has 7 heteroatoms. The highest BCUT2D eigenvalue weighted by atomic mass is 16.6. The van der Waals surface area contributed by atoms with Crippen molar-refractivity contribution in [2.45, 2.75) is 59.7 Å². The van der Waals surface area contributed by atoms with Crippen LogP contribution >= 0.6 is 0 Å². The first-order chi connectivity index (χ1) is 15.5. The van der Waals surface area contributed by atoms with Crippen LogP contribution in [-0.2, 0) is 20.9 Å². The SMILES string of the molecule is CCN(C(=O)CNC(=O)OC(C)(C)C)C(C(=O)NCc1ccccc1)c1c(C)cccc1C. The van der Waals surface area contributed by atoms with E-state index in [9.17, 15) is 14.4 Å². The monoisotopic (exact) mass is 453 g/mol. The van der Waals surface area contributed by atoms with Gasteiger partial charge in [-0.3, -0.25) is 9.59 Å². The van der Waals surface area contributed by atoms with Gasteiger partial charge in [0.15, 0.2) is 0 Å². The number of hydrogen-bond donors (Lipinski definition) is 2. The zero-order chi connectivity index (χ0) is 24.6. The van der Waals surface area contributed by atoms with Gasteiger partial charge >= 0.3 is 6.09 Å². The summed E-state index contributed by atoms with van der Waals surface area (Å²) in [5, 5.41) is 5.47. The van der Waals surface area contributed by atoms with Crippen molar-refractivity contribution in [3.05, 3.63) is 70.8 Å². The van der Waals surface area contributed by atoms with E-state index in [1.165, 1.54) is 4.90 Å². The molecule has 0 spiro atoms. The predicted octanol–water partition coefficient (Wildman–Crippen LogP) is 4.03. The highest BCUT2D eigenvalue weighted by Crippen LogP contribution is 2.28. The Kier molecular flexibility index (Phi) is 9.02. The summed E-state index contributed by atoms with van der Waals surface area (Å²) in [5.74, 6) is -0.644. The molecule has 0 aliphatic rings. The predicted molar refractivity (Wildman–Crippen MR) is 129 cm³/mol. The van der Waals surface area contributed by atoms with Crippen molar-refractivity contribution < 1.29 is 19.1 Å². The van der Waals surface area contributed by atoms with Crippen molar-refractivity contribution in [3.8, 4) is 0 Å². The second-order valence-corrected chi connectivity index (χ2v) is 8.95. The number of ether oxygens (including phenoxy) is 1. The van der Waals surface area contributed by atoms with Crippen LogP contribution in [0.3, 0.4) is 0 Å². The number of likely N-dealkylation sites (N-methyl/N-ethyl adjacent to an activating group) is 1. The lowest BCUT2D eigenvalue weighted by atomic mass is 9.94. The first kappa shape index (κ1) is 25.9. The normalized spacial score (nSPS) is 11.9. The van der Waals surface area contributed by atoms with Gasteiger partial charge in [0.2, 0.25) is 11.8 Å². The summed E-state index contributed by atoms with van der Waals surface area (Å²) in [4.78, 5) is 40.1. The molecule has 2 rings (SSSR count). The molecule has 3 amide bonds. The highest BCUT2D eigenvalue weighted by Gasteiger charge is 2.32. The third kappa shape index (κ3) is 7.63. The smallest absolute Gasteiger partial charge is 0.408 e. The molecule has 178 valence electrons. The number of carbonyl (C=O) groups is 3. The summed E-state index contributed by atoms with van der Waals surface area (Å²) in [6, 6.07) is 14.6. The van der Waals surface area contributed by atoms with Gasteiger partial charge in [0.1, 0.15) is 18.2 Å². The lowest BCUT2D eigenvalue weighted by molar-refractivity contribution is -0.140. The van der Waals surface area contributed by atoms with Gasteiger partial charge in [0.25, 0.3) is 0 Å². The van der Waals surface area contributed by atoms with Crippen LogP contribution in [-0.4, -0.2) is 41.5 Å². The molecule has 2 aromatic rings. The van der Waals surface area contributed by atoms with Crippen molar-refractivity contribution in [2.24, 2.45) is 0 Å². The molecule has 0 aromatic heterocycles. The Morgan fingerprint density at radius 2 is 1.55 bits per heavy atom. The molecule has 0 heterocycles. The fourth-order valence-electron chi connectivity index (χ4n) is 3.64. The first-order valence-electron chi connectivity index (χ1n) is 11.2. The van der Waals surface area contributed by atoms with E-state index in [1.807, 2.05) is 69.3 Å². The van der Waals surface area contributed by atoms with Gasteiger partial charge in [0.05, 0.1) is 0 Å². The molecule has 7 nitrogen and oxygen atoms in total. The molecular formula is C26H35N3O4. The lowest BCUT2D eigenvalue weighted by Gasteiger charge is -2.32. The number of carbonyl (C=O) groups excluding carboxylic acids is 3. The van der Waals surface area contributed by atoms with Crippen molar-refractivity contribution in [2.75, 3.05) is 13.1 Å². The summed E-state index contributed by atoms with van der Waals surface area (Å²) in [6.07, 6.45) is -0.677. The van der Waals surface area contributed by atoms with E-state index in [0.29, 0.717) is 13.1 Å². The maximum absolute atomic E-state index is 13.4. The average Bonchev–Trinajstić information content (AvgIpc) is 2.74. The molecule has 0 radical (unpaired) electrons. The molecule has 0 saturated heterocycles. The Balaban J connectivity index is 2.27. The van der Waals surface area contributed by atoms with E-state index < -0.39 is 17.7 Å². The summed E-state index contributed by atoms with van der Waals surface area (Å²) in [7, 11) is 0. The lowest BCUT2D eigenvalue weighted by Crippen LogP contribution is -2.48. The quantitative estimate of drug-likeness (QED) is 0.632. The molecule has 1 atom stereocenters. The first-order valence-corrected chi connectivity index (χ1v) is 11.2. The number of nitrogens with zero attached hydrogens (tertiary/aromatic N) is 1. The van der Waals surface area contributed by atoms with E-state index in [4.69, 9.17) is 4.74 Å². The van der Waals surface area contributed by atoms with Gasteiger partial charge in [0, 0.05) is 13.1 Å². The molecule has 33 heavy (non-hydrogen) atoms. The summed E-state index contributed by atoms with van der Waals surface area (Å²) < 4.78 is 5.22. The van der Waals surface area contributed by atoms with Gasteiger partial charge in [-0.2, -0.15) is 0 Å². The minimum absolute atomic E-state index is 0.268. The zero-order valence-corrected chi connectivity index (χ0v) is 20.4. The molecule has 0 aliphatic heterocycles. The second kappa shape index (κ2) is 11.5. The Hall–Kier alpha value is -3.35. The topological polar surface area (TPSA) is 87.7 Å². The minimum Gasteiger partial charge on any atom is -0.444 e. The number of amides is 3. The molecule has 0 saturated carbocycles. The zero-order valence-electron chi connectivity index (χ0n) is 20.4. The Labute approximate surface area is 196 Å². The summed E-state index contributed by atoms with van der Waals surface area (Å²) in [6.45, 7) is 11.3. The van der Waals surface area contributed by atoms with Crippen molar-refractivity contribution in [1.82, 2.24) is 15.5 Å². The summed E-state index contributed by atoms with van der Waals surface area (Å²) in [5.41, 5.74) is 2.92. The highest BCUT2D eigenvalue weighted by molar-refractivity contribution is 5.91. The van der Waals surface area contributed by atoms with Crippen LogP contribution in [0.25, 0.3) is 0 Å². The third-order valence-corrected chi connectivity index (χ3v) is 5.13. The van der Waals surface area contributed by atoms with Gasteiger partial charge in [-0.15, -0.1) is 0 Å². The standard InChI is InChI=1S/C26H35N3O4/c1-7-29(21(30)17-28-25(32)33-26(4,5)6)23(22-18(2)12-11-13-19(22)3)24(31)27-16-20-14-9-8-10-15-20/h8-15,23H,7,16-17H2,1-6H3,(H,27,31)(H,28,32). The van der Waals surface area contributed by atoms with Crippen molar-refractivity contribution in [3.63, 3.8) is 0 Å². The van der Waals surface area contributed by atoms with E-state index in [1.54, 1.807) is 20.8 Å². The van der Waals surface area contributed by atoms with E-state index in [2.05, 4.69) is 10.6 Å². The molecule has 0 fully saturated rings.